The Hall–Kier alpha value is -3.16. The molecule has 1 saturated heterocycles. The second-order valence-electron chi connectivity index (χ2n) is 6.63. The SMILES string of the molecule is CCOC(=O)N1CCC(Nc2ccnc(Nc3ccc(C(C)=O)cc3)n2)CC1. The predicted molar refractivity (Wildman–Crippen MR) is 107 cm³/mol. The monoisotopic (exact) mass is 383 g/mol. The van der Waals surface area contributed by atoms with Crippen molar-refractivity contribution < 1.29 is 14.3 Å². The fraction of sp³-hybridized carbons (Fsp3) is 0.400. The number of hydrogen-bond acceptors (Lipinski definition) is 7. The summed E-state index contributed by atoms with van der Waals surface area (Å²) in [6.45, 7) is 5.07. The summed E-state index contributed by atoms with van der Waals surface area (Å²) < 4.78 is 5.05. The number of hydrogen-bond donors (Lipinski definition) is 2. The van der Waals surface area contributed by atoms with Crippen molar-refractivity contribution in [3.8, 4) is 0 Å². The van der Waals surface area contributed by atoms with Gasteiger partial charge in [-0.05, 0) is 57.0 Å². The van der Waals surface area contributed by atoms with Gasteiger partial charge in [0.1, 0.15) is 5.82 Å². The minimum atomic E-state index is -0.245. The number of rotatable bonds is 6. The lowest BCUT2D eigenvalue weighted by Gasteiger charge is -2.31. The van der Waals surface area contributed by atoms with Crippen LogP contribution in [0.1, 0.15) is 37.0 Å². The number of benzene rings is 1. The number of amides is 1. The molecule has 0 unspecified atom stereocenters. The maximum atomic E-state index is 11.8. The fourth-order valence-corrected chi connectivity index (χ4v) is 3.05. The number of likely N-dealkylation sites (tertiary alicyclic amines) is 1. The van der Waals surface area contributed by atoms with Crippen molar-refractivity contribution in [1.82, 2.24) is 14.9 Å². The van der Waals surface area contributed by atoms with Crippen molar-refractivity contribution in [3.63, 3.8) is 0 Å². The second kappa shape index (κ2) is 9.16. The Balaban J connectivity index is 1.55. The van der Waals surface area contributed by atoms with Crippen molar-refractivity contribution >= 4 is 29.3 Å². The van der Waals surface area contributed by atoms with Gasteiger partial charge in [-0.1, -0.05) is 0 Å². The van der Waals surface area contributed by atoms with Crippen molar-refractivity contribution in [2.75, 3.05) is 30.3 Å². The third kappa shape index (κ3) is 5.18. The third-order valence-electron chi connectivity index (χ3n) is 4.58. The molecule has 3 rings (SSSR count). The van der Waals surface area contributed by atoms with E-state index in [0.29, 0.717) is 31.2 Å². The standard InChI is InChI=1S/C20H25N5O3/c1-3-28-20(27)25-12-9-17(10-13-25)22-18-8-11-21-19(24-18)23-16-6-4-15(5-7-16)14(2)26/h4-8,11,17H,3,9-10,12-13H2,1-2H3,(H2,21,22,23,24). The lowest BCUT2D eigenvalue weighted by atomic mass is 10.1. The van der Waals surface area contributed by atoms with Gasteiger partial charge in [0.2, 0.25) is 5.95 Å². The van der Waals surface area contributed by atoms with Gasteiger partial charge in [-0.25, -0.2) is 9.78 Å². The summed E-state index contributed by atoms with van der Waals surface area (Å²) in [7, 11) is 0. The average molecular weight is 383 g/mol. The molecular weight excluding hydrogens is 358 g/mol. The van der Waals surface area contributed by atoms with Crippen LogP contribution in [0.2, 0.25) is 0 Å². The number of carbonyl (C=O) groups is 2. The van der Waals surface area contributed by atoms with Crippen molar-refractivity contribution in [3.05, 3.63) is 42.1 Å². The largest absolute Gasteiger partial charge is 0.450 e. The van der Waals surface area contributed by atoms with Crippen LogP contribution in [0, 0.1) is 0 Å². The molecule has 2 aromatic rings. The number of aromatic nitrogens is 2. The number of nitrogens with one attached hydrogen (secondary N) is 2. The topological polar surface area (TPSA) is 96.5 Å². The molecule has 2 N–H and O–H groups in total. The van der Waals surface area contributed by atoms with Crippen LogP contribution in [0.15, 0.2) is 36.5 Å². The first-order valence-corrected chi connectivity index (χ1v) is 9.44. The van der Waals surface area contributed by atoms with E-state index in [0.717, 1.165) is 24.3 Å². The van der Waals surface area contributed by atoms with Crippen molar-refractivity contribution in [2.45, 2.75) is 32.7 Å². The fourth-order valence-electron chi connectivity index (χ4n) is 3.05. The van der Waals surface area contributed by atoms with Crippen LogP contribution in [-0.4, -0.2) is 52.5 Å². The summed E-state index contributed by atoms with van der Waals surface area (Å²) in [6, 6.07) is 9.25. The van der Waals surface area contributed by atoms with Gasteiger partial charge in [0, 0.05) is 36.6 Å². The highest BCUT2D eigenvalue weighted by atomic mass is 16.6. The maximum Gasteiger partial charge on any atom is 0.409 e. The Labute approximate surface area is 164 Å². The third-order valence-corrected chi connectivity index (χ3v) is 4.58. The zero-order valence-electron chi connectivity index (χ0n) is 16.1. The lowest BCUT2D eigenvalue weighted by Crippen LogP contribution is -2.42. The first kappa shape index (κ1) is 19.6. The van der Waals surface area contributed by atoms with Crippen LogP contribution in [0.4, 0.5) is 22.2 Å². The van der Waals surface area contributed by atoms with Crippen LogP contribution >= 0.6 is 0 Å². The highest BCUT2D eigenvalue weighted by Crippen LogP contribution is 2.18. The summed E-state index contributed by atoms with van der Waals surface area (Å²) in [6.07, 6.45) is 3.11. The summed E-state index contributed by atoms with van der Waals surface area (Å²) in [5.74, 6) is 1.24. The Morgan fingerprint density at radius 3 is 2.54 bits per heavy atom. The molecule has 2 heterocycles. The van der Waals surface area contributed by atoms with E-state index in [9.17, 15) is 9.59 Å². The second-order valence-corrected chi connectivity index (χ2v) is 6.63. The Bertz CT molecular complexity index is 817. The van der Waals surface area contributed by atoms with Gasteiger partial charge in [-0.15, -0.1) is 0 Å². The molecule has 0 spiro atoms. The summed E-state index contributed by atoms with van der Waals surface area (Å²) in [4.78, 5) is 33.6. The zero-order chi connectivity index (χ0) is 19.9. The smallest absolute Gasteiger partial charge is 0.409 e. The number of ether oxygens (including phenoxy) is 1. The van der Waals surface area contributed by atoms with Gasteiger partial charge in [0.25, 0.3) is 0 Å². The molecule has 1 aliphatic heterocycles. The molecule has 1 aromatic heterocycles. The molecule has 1 aromatic carbocycles. The molecule has 8 heteroatoms. The Morgan fingerprint density at radius 1 is 1.18 bits per heavy atom. The molecule has 28 heavy (non-hydrogen) atoms. The van der Waals surface area contributed by atoms with E-state index in [1.807, 2.05) is 25.1 Å². The van der Waals surface area contributed by atoms with Crippen LogP contribution in [0.25, 0.3) is 0 Å². The van der Waals surface area contributed by atoms with E-state index in [-0.39, 0.29) is 17.9 Å². The van der Waals surface area contributed by atoms with E-state index in [2.05, 4.69) is 20.6 Å². The summed E-state index contributed by atoms with van der Waals surface area (Å²) in [5.41, 5.74) is 1.47. The molecule has 1 fully saturated rings. The molecule has 1 aliphatic rings. The van der Waals surface area contributed by atoms with E-state index < -0.39 is 0 Å². The van der Waals surface area contributed by atoms with Gasteiger partial charge in [0.05, 0.1) is 6.61 Å². The summed E-state index contributed by atoms with van der Waals surface area (Å²) in [5, 5.41) is 6.55. The molecule has 0 bridgehead atoms. The van der Waals surface area contributed by atoms with Crippen molar-refractivity contribution in [1.29, 1.82) is 0 Å². The van der Waals surface area contributed by atoms with Crippen LogP contribution in [0.3, 0.4) is 0 Å². The minimum Gasteiger partial charge on any atom is -0.450 e. The normalized spacial score (nSPS) is 14.4. The number of ketones is 1. The first-order valence-electron chi connectivity index (χ1n) is 9.44. The number of nitrogens with zero attached hydrogens (tertiary/aromatic N) is 3. The van der Waals surface area contributed by atoms with Crippen LogP contribution in [0.5, 0.6) is 0 Å². The first-order chi connectivity index (χ1) is 13.5. The highest BCUT2D eigenvalue weighted by molar-refractivity contribution is 5.94. The minimum absolute atomic E-state index is 0.0306. The summed E-state index contributed by atoms with van der Waals surface area (Å²) >= 11 is 0. The number of anilines is 3. The van der Waals surface area contributed by atoms with E-state index >= 15 is 0 Å². The molecular formula is C20H25N5O3. The zero-order valence-corrected chi connectivity index (χ0v) is 16.1. The Kier molecular flexibility index (Phi) is 6.41. The van der Waals surface area contributed by atoms with Gasteiger partial charge in [-0.3, -0.25) is 4.79 Å². The van der Waals surface area contributed by atoms with Crippen LogP contribution < -0.4 is 10.6 Å². The number of Topliss-reactive ketones (excluding diaryl/α,β-unsaturated/α-hetero) is 1. The van der Waals surface area contributed by atoms with Gasteiger partial charge < -0.3 is 20.3 Å². The molecule has 8 nitrogen and oxygen atoms in total. The van der Waals surface area contributed by atoms with E-state index in [1.165, 1.54) is 6.92 Å². The quantitative estimate of drug-likeness (QED) is 0.738. The van der Waals surface area contributed by atoms with Crippen LogP contribution in [-0.2, 0) is 4.74 Å². The number of piperidine rings is 1. The molecule has 0 aliphatic carbocycles. The molecule has 1 amide bonds. The number of carbonyl (C=O) groups excluding carboxylic acids is 2. The van der Waals surface area contributed by atoms with E-state index in [4.69, 9.17) is 4.74 Å². The van der Waals surface area contributed by atoms with E-state index in [1.54, 1.807) is 23.2 Å². The molecule has 0 saturated carbocycles. The molecule has 0 radical (unpaired) electrons. The predicted octanol–water partition coefficient (Wildman–Crippen LogP) is 3.46. The molecule has 148 valence electrons. The molecule has 0 atom stereocenters. The maximum absolute atomic E-state index is 11.8. The van der Waals surface area contributed by atoms with Gasteiger partial charge in [-0.2, -0.15) is 4.98 Å². The highest BCUT2D eigenvalue weighted by Gasteiger charge is 2.23. The average Bonchev–Trinajstić information content (AvgIpc) is 2.69. The Morgan fingerprint density at radius 2 is 1.89 bits per heavy atom. The van der Waals surface area contributed by atoms with Gasteiger partial charge >= 0.3 is 6.09 Å². The van der Waals surface area contributed by atoms with Crippen molar-refractivity contribution in [2.24, 2.45) is 0 Å². The van der Waals surface area contributed by atoms with Gasteiger partial charge in [0.15, 0.2) is 5.78 Å². The lowest BCUT2D eigenvalue weighted by molar-refractivity contribution is 0.0981.